The van der Waals surface area contributed by atoms with E-state index in [4.69, 9.17) is 22.1 Å². The number of amides is 3. The van der Waals surface area contributed by atoms with Crippen LogP contribution >= 0.6 is 23.1 Å². The molecule has 2 aliphatic rings. The number of nitrogens with two attached hydrogens (primary N) is 1. The van der Waals surface area contributed by atoms with Crippen LogP contribution in [0.2, 0.25) is 5.02 Å². The highest BCUT2D eigenvalue weighted by molar-refractivity contribution is 7.11. The van der Waals surface area contributed by atoms with Crippen LogP contribution in [0.25, 0.3) is 0 Å². The standard InChI is InChI=1S/C22H26ClF3N6O3S/c1-31-8-12-6-11(31)9-32(12)5-3-2-4-28-22(34)29-21-16(19(27)33)20(30-36-21)35-10-13-15(24)7-14(23)18(26)17(13)25/h7,11-12H,2-6,8-10H2,1H3,(H2,27,33)(H2,28,29,34). The van der Waals surface area contributed by atoms with Crippen molar-refractivity contribution >= 4 is 40.1 Å². The first-order chi connectivity index (χ1) is 17.2. The van der Waals surface area contributed by atoms with Crippen molar-refractivity contribution in [3.8, 4) is 5.88 Å². The van der Waals surface area contributed by atoms with Crippen LogP contribution in [0.4, 0.5) is 23.0 Å². The number of ether oxygens (including phenoxy) is 1. The molecule has 1 aromatic carbocycles. The number of fused-ring (bicyclic) bond motifs is 2. The normalized spacial score (nSPS) is 19.6. The van der Waals surface area contributed by atoms with Crippen LogP contribution in [-0.2, 0) is 6.61 Å². The second-order valence-corrected chi connectivity index (χ2v) is 10.0. The number of likely N-dealkylation sites (N-methyl/N-ethyl adjacent to an activating group) is 1. The molecule has 3 heterocycles. The van der Waals surface area contributed by atoms with Crippen LogP contribution < -0.4 is 21.1 Å². The van der Waals surface area contributed by atoms with Crippen LogP contribution in [0.1, 0.15) is 35.2 Å². The largest absolute Gasteiger partial charge is 0.471 e. The molecule has 2 fully saturated rings. The molecule has 2 aliphatic heterocycles. The van der Waals surface area contributed by atoms with Crippen LogP contribution in [0.3, 0.4) is 0 Å². The van der Waals surface area contributed by atoms with E-state index in [9.17, 15) is 22.8 Å². The first-order valence-electron chi connectivity index (χ1n) is 11.4. The Hall–Kier alpha value is -2.61. The molecule has 196 valence electrons. The minimum Gasteiger partial charge on any atom is -0.471 e. The van der Waals surface area contributed by atoms with Crippen molar-refractivity contribution in [2.24, 2.45) is 5.73 Å². The maximum Gasteiger partial charge on any atom is 0.319 e. The predicted octanol–water partition coefficient (Wildman–Crippen LogP) is 3.18. The van der Waals surface area contributed by atoms with Crippen LogP contribution in [0.5, 0.6) is 5.88 Å². The van der Waals surface area contributed by atoms with E-state index >= 15 is 0 Å². The molecule has 0 radical (unpaired) electrons. The molecule has 4 rings (SSSR count). The van der Waals surface area contributed by atoms with Gasteiger partial charge in [-0.2, -0.15) is 4.37 Å². The van der Waals surface area contributed by atoms with Gasteiger partial charge in [0.15, 0.2) is 11.6 Å². The number of nitrogens with zero attached hydrogens (tertiary/aromatic N) is 3. The van der Waals surface area contributed by atoms with E-state index in [-0.39, 0.29) is 16.4 Å². The topological polar surface area (TPSA) is 113 Å². The van der Waals surface area contributed by atoms with Crippen LogP contribution in [-0.4, -0.2) is 71.4 Å². The van der Waals surface area contributed by atoms with Gasteiger partial charge in [-0.25, -0.2) is 18.0 Å². The maximum absolute atomic E-state index is 14.0. The van der Waals surface area contributed by atoms with Crippen molar-refractivity contribution in [3.05, 3.63) is 39.7 Å². The zero-order chi connectivity index (χ0) is 26.0. The van der Waals surface area contributed by atoms with Gasteiger partial charge in [0, 0.05) is 31.7 Å². The van der Waals surface area contributed by atoms with E-state index in [1.807, 2.05) is 0 Å². The second-order valence-electron chi connectivity index (χ2n) is 8.86. The van der Waals surface area contributed by atoms with Crippen molar-refractivity contribution in [1.82, 2.24) is 19.5 Å². The first kappa shape index (κ1) is 26.5. The molecule has 14 heteroatoms. The van der Waals surface area contributed by atoms with Gasteiger partial charge in [-0.1, -0.05) is 11.6 Å². The SMILES string of the molecule is CN1CC2CC1CN2CCCCNC(=O)Nc1snc(OCc2c(F)cc(Cl)c(F)c2F)c1C(N)=O. The van der Waals surface area contributed by atoms with Crippen molar-refractivity contribution in [2.45, 2.75) is 38.0 Å². The van der Waals surface area contributed by atoms with Gasteiger partial charge >= 0.3 is 6.03 Å². The van der Waals surface area contributed by atoms with E-state index in [0.717, 1.165) is 32.5 Å². The monoisotopic (exact) mass is 546 g/mol. The number of likely N-dealkylation sites (tertiary alicyclic amines) is 2. The lowest BCUT2D eigenvalue weighted by Crippen LogP contribution is -2.44. The van der Waals surface area contributed by atoms with Crippen LogP contribution in [0, 0.1) is 17.5 Å². The fraction of sp³-hybridized carbons (Fsp3) is 0.500. The van der Waals surface area contributed by atoms with Gasteiger partial charge in [0.1, 0.15) is 23.0 Å². The van der Waals surface area contributed by atoms with Crippen molar-refractivity contribution in [2.75, 3.05) is 38.5 Å². The van der Waals surface area contributed by atoms with Gasteiger partial charge in [-0.15, -0.1) is 0 Å². The number of primary amides is 1. The lowest BCUT2D eigenvalue weighted by atomic mass is 10.2. The molecule has 0 aliphatic carbocycles. The average Bonchev–Trinajstić information content (AvgIpc) is 3.51. The van der Waals surface area contributed by atoms with Gasteiger partial charge < -0.3 is 20.7 Å². The smallest absolute Gasteiger partial charge is 0.319 e. The molecule has 1 aromatic heterocycles. The Morgan fingerprint density at radius 2 is 2.03 bits per heavy atom. The molecule has 3 amide bonds. The van der Waals surface area contributed by atoms with Gasteiger partial charge in [0.2, 0.25) is 5.88 Å². The molecule has 2 aromatic rings. The number of carbonyl (C=O) groups is 2. The molecule has 0 spiro atoms. The summed E-state index contributed by atoms with van der Waals surface area (Å²) in [5, 5.41) is 4.50. The summed E-state index contributed by atoms with van der Waals surface area (Å²) in [6.07, 6.45) is 2.95. The van der Waals surface area contributed by atoms with Crippen molar-refractivity contribution < 1.29 is 27.5 Å². The highest BCUT2D eigenvalue weighted by Gasteiger charge is 2.40. The predicted molar refractivity (Wildman–Crippen MR) is 129 cm³/mol. The zero-order valence-corrected chi connectivity index (χ0v) is 21.0. The zero-order valence-electron chi connectivity index (χ0n) is 19.5. The number of unbranched alkanes of at least 4 members (excludes halogenated alkanes) is 1. The van der Waals surface area contributed by atoms with Gasteiger partial charge in [-0.05, 0) is 50.5 Å². The number of piperazine rings is 1. The molecule has 2 bridgehead atoms. The summed E-state index contributed by atoms with van der Waals surface area (Å²) in [5.74, 6) is -5.38. The van der Waals surface area contributed by atoms with Gasteiger partial charge in [0.05, 0.1) is 10.6 Å². The number of halogens is 4. The summed E-state index contributed by atoms with van der Waals surface area (Å²) in [5.41, 5.74) is 4.39. The molecular formula is C22H26ClF3N6O3S. The van der Waals surface area contributed by atoms with Crippen molar-refractivity contribution in [1.29, 1.82) is 0 Å². The lowest BCUT2D eigenvalue weighted by Gasteiger charge is -2.31. The number of hydrogen-bond donors (Lipinski definition) is 3. The number of urea groups is 1. The van der Waals surface area contributed by atoms with E-state index in [2.05, 4.69) is 31.9 Å². The summed E-state index contributed by atoms with van der Waals surface area (Å²) < 4.78 is 50.8. The Morgan fingerprint density at radius 3 is 2.69 bits per heavy atom. The molecule has 2 saturated heterocycles. The molecule has 2 unspecified atom stereocenters. The van der Waals surface area contributed by atoms with E-state index in [1.165, 1.54) is 6.42 Å². The number of nitrogens with one attached hydrogen (secondary N) is 2. The molecule has 36 heavy (non-hydrogen) atoms. The Morgan fingerprint density at radius 1 is 1.25 bits per heavy atom. The highest BCUT2D eigenvalue weighted by atomic mass is 35.5. The number of benzene rings is 1. The highest BCUT2D eigenvalue weighted by Crippen LogP contribution is 2.32. The summed E-state index contributed by atoms with van der Waals surface area (Å²) in [7, 11) is 2.16. The molecular weight excluding hydrogens is 521 g/mol. The lowest BCUT2D eigenvalue weighted by molar-refractivity contribution is 0.0996. The Labute approximate surface area is 214 Å². The van der Waals surface area contributed by atoms with Crippen molar-refractivity contribution in [3.63, 3.8) is 0 Å². The number of hydrogen-bond acceptors (Lipinski definition) is 7. The third-order valence-corrected chi connectivity index (χ3v) is 7.50. The number of anilines is 1. The average molecular weight is 547 g/mol. The second kappa shape index (κ2) is 11.2. The summed E-state index contributed by atoms with van der Waals surface area (Å²) in [4.78, 5) is 29.1. The third-order valence-electron chi connectivity index (χ3n) is 6.48. The Bertz CT molecular complexity index is 1150. The number of rotatable bonds is 10. The fourth-order valence-corrected chi connectivity index (χ4v) is 5.48. The van der Waals surface area contributed by atoms with E-state index in [1.54, 1.807) is 0 Å². The first-order valence-corrected chi connectivity index (χ1v) is 12.5. The third kappa shape index (κ3) is 5.69. The summed E-state index contributed by atoms with van der Waals surface area (Å²) >= 11 is 6.12. The van der Waals surface area contributed by atoms with E-state index in [0.29, 0.717) is 36.2 Å². The molecule has 4 N–H and O–H groups in total. The van der Waals surface area contributed by atoms with Gasteiger partial charge in [0.25, 0.3) is 5.91 Å². The number of carbonyl (C=O) groups excluding carboxylic acids is 2. The molecule has 2 atom stereocenters. The Balaban J connectivity index is 1.26. The minimum atomic E-state index is -1.52. The van der Waals surface area contributed by atoms with Gasteiger partial charge in [-0.3, -0.25) is 15.0 Å². The molecule has 0 saturated carbocycles. The molecule has 9 nitrogen and oxygen atoms in total. The fourth-order valence-electron chi connectivity index (χ4n) is 4.56. The minimum absolute atomic E-state index is 0.00967. The summed E-state index contributed by atoms with van der Waals surface area (Å²) in [6, 6.07) is 1.32. The van der Waals surface area contributed by atoms with Crippen LogP contribution in [0.15, 0.2) is 6.07 Å². The quantitative estimate of drug-likeness (QED) is 0.240. The number of aromatic nitrogens is 1. The maximum atomic E-state index is 14.0. The van der Waals surface area contributed by atoms with E-state index < -0.39 is 46.6 Å². The summed E-state index contributed by atoms with van der Waals surface area (Å²) in [6.45, 7) is 2.83. The Kier molecular flexibility index (Phi) is 8.23.